The van der Waals surface area contributed by atoms with Gasteiger partial charge < -0.3 is 24.4 Å². The third kappa shape index (κ3) is 5.49. The fourth-order valence-corrected chi connectivity index (χ4v) is 4.63. The largest absolute Gasteiger partial charge is 0.464 e. The molecule has 0 fully saturated rings. The van der Waals surface area contributed by atoms with Gasteiger partial charge in [-0.3, -0.25) is 4.79 Å². The summed E-state index contributed by atoms with van der Waals surface area (Å²) in [5.74, 6) is -1.25. The van der Waals surface area contributed by atoms with Crippen LogP contribution >= 0.6 is 0 Å². The van der Waals surface area contributed by atoms with Crippen LogP contribution in [0, 0.1) is 19.7 Å². The molecule has 35 heavy (non-hydrogen) atoms. The Kier molecular flexibility index (Phi) is 7.87. The number of esters is 1. The van der Waals surface area contributed by atoms with E-state index in [1.54, 1.807) is 29.8 Å². The molecule has 8 heteroatoms. The number of rotatable bonds is 7. The predicted molar refractivity (Wildman–Crippen MR) is 132 cm³/mol. The third-order valence-electron chi connectivity index (χ3n) is 6.17. The average molecular weight is 487 g/mol. The summed E-state index contributed by atoms with van der Waals surface area (Å²) in [7, 11) is 1.74. The van der Waals surface area contributed by atoms with Crippen molar-refractivity contribution < 1.29 is 28.6 Å². The maximum Gasteiger partial charge on any atom is 0.340 e. The first kappa shape index (κ1) is 26.6. The number of ether oxygens (including phenoxy) is 2. The molecule has 1 heterocycles. The molecule has 1 aliphatic heterocycles. The molecule has 2 aromatic carbocycles. The van der Waals surface area contributed by atoms with Crippen LogP contribution in [0.25, 0.3) is 0 Å². The van der Waals surface area contributed by atoms with Crippen molar-refractivity contribution in [2.24, 2.45) is 0 Å². The molecular formula is C27H35FN2O5. The second-order valence-electron chi connectivity index (χ2n) is 9.84. The highest BCUT2D eigenvalue weighted by atomic mass is 19.1. The molecule has 1 aliphatic rings. The lowest BCUT2D eigenvalue weighted by Crippen LogP contribution is -2.32. The van der Waals surface area contributed by atoms with Gasteiger partial charge in [-0.25, -0.2) is 9.18 Å². The number of anilines is 1. The second-order valence-corrected chi connectivity index (χ2v) is 9.84. The lowest BCUT2D eigenvalue weighted by Gasteiger charge is -2.33. The van der Waals surface area contributed by atoms with Crippen LogP contribution < -0.4 is 4.90 Å². The van der Waals surface area contributed by atoms with Gasteiger partial charge >= 0.3 is 5.97 Å². The standard InChI is InChI=1S/C27H35FN2O5/c1-8-34-26(33)24(35-27(4,5)6)22-16(2)20-13-30(25(32)18-10-9-11-19(28)12-18)14-21(20)17(3)23(22)29(7)15-31/h9-12,24,31H,8,13-15H2,1-7H3/t24-/m0/s1. The topological polar surface area (TPSA) is 79.3 Å². The number of nitrogens with zero attached hydrogens (tertiary/aromatic N) is 2. The van der Waals surface area contributed by atoms with Crippen LogP contribution in [-0.4, -0.2) is 47.9 Å². The first-order valence-electron chi connectivity index (χ1n) is 11.8. The highest BCUT2D eigenvalue weighted by Gasteiger charge is 2.37. The monoisotopic (exact) mass is 486 g/mol. The lowest BCUT2D eigenvalue weighted by molar-refractivity contribution is -0.166. The Bertz CT molecular complexity index is 1130. The van der Waals surface area contributed by atoms with E-state index in [9.17, 15) is 19.1 Å². The first-order chi connectivity index (χ1) is 16.4. The summed E-state index contributed by atoms with van der Waals surface area (Å²) in [5, 5.41) is 10.0. The van der Waals surface area contributed by atoms with E-state index in [1.165, 1.54) is 18.2 Å². The molecule has 0 bridgehead atoms. The van der Waals surface area contributed by atoms with Gasteiger partial charge in [-0.05, 0) is 82.0 Å². The molecule has 0 saturated heterocycles. The van der Waals surface area contributed by atoms with E-state index in [0.29, 0.717) is 24.3 Å². The maximum absolute atomic E-state index is 13.7. The fourth-order valence-electron chi connectivity index (χ4n) is 4.63. The van der Waals surface area contributed by atoms with Gasteiger partial charge in [0.2, 0.25) is 0 Å². The van der Waals surface area contributed by atoms with Crippen molar-refractivity contribution in [1.82, 2.24) is 4.90 Å². The Hall–Kier alpha value is -2.97. The zero-order valence-corrected chi connectivity index (χ0v) is 21.6. The first-order valence-corrected chi connectivity index (χ1v) is 11.8. The van der Waals surface area contributed by atoms with Crippen molar-refractivity contribution in [3.63, 3.8) is 0 Å². The van der Waals surface area contributed by atoms with Crippen molar-refractivity contribution in [3.05, 3.63) is 63.5 Å². The van der Waals surface area contributed by atoms with Crippen LogP contribution in [0.1, 0.15) is 72.0 Å². The lowest BCUT2D eigenvalue weighted by atomic mass is 9.88. The van der Waals surface area contributed by atoms with Crippen LogP contribution in [-0.2, 0) is 27.4 Å². The third-order valence-corrected chi connectivity index (χ3v) is 6.17. The number of aliphatic hydroxyl groups is 1. The molecule has 2 aromatic rings. The highest BCUT2D eigenvalue weighted by Crippen LogP contribution is 2.43. The quantitative estimate of drug-likeness (QED) is 0.462. The molecule has 0 saturated carbocycles. The van der Waals surface area contributed by atoms with Gasteiger partial charge in [-0.1, -0.05) is 6.07 Å². The minimum atomic E-state index is -1.02. The van der Waals surface area contributed by atoms with E-state index in [2.05, 4.69) is 0 Å². The Morgan fingerprint density at radius 1 is 1.17 bits per heavy atom. The summed E-state index contributed by atoms with van der Waals surface area (Å²) in [6.07, 6.45) is -1.02. The van der Waals surface area contributed by atoms with E-state index in [0.717, 1.165) is 22.3 Å². The van der Waals surface area contributed by atoms with Crippen LogP contribution in [0.5, 0.6) is 0 Å². The van der Waals surface area contributed by atoms with Gasteiger partial charge in [0.1, 0.15) is 12.5 Å². The summed E-state index contributed by atoms with van der Waals surface area (Å²) in [5.41, 5.74) is 4.44. The van der Waals surface area contributed by atoms with Crippen molar-refractivity contribution in [3.8, 4) is 0 Å². The zero-order valence-electron chi connectivity index (χ0n) is 21.6. The highest BCUT2D eigenvalue weighted by molar-refractivity contribution is 5.95. The summed E-state index contributed by atoms with van der Waals surface area (Å²) in [6, 6.07) is 5.65. The van der Waals surface area contributed by atoms with Gasteiger partial charge in [-0.15, -0.1) is 0 Å². The molecular weight excluding hydrogens is 451 g/mol. The number of halogens is 1. The number of hydrogen-bond acceptors (Lipinski definition) is 6. The number of fused-ring (bicyclic) bond motifs is 1. The van der Waals surface area contributed by atoms with Crippen molar-refractivity contribution in [1.29, 1.82) is 0 Å². The smallest absolute Gasteiger partial charge is 0.340 e. The van der Waals surface area contributed by atoms with E-state index in [-0.39, 0.29) is 24.8 Å². The SMILES string of the molecule is CCOC(=O)[C@@H](OC(C)(C)C)c1c(C)c2c(c(C)c1N(C)CO)CN(C(=O)c1cccc(F)c1)C2. The second kappa shape index (κ2) is 10.3. The molecule has 1 amide bonds. The van der Waals surface area contributed by atoms with E-state index in [4.69, 9.17) is 9.47 Å². The molecule has 0 spiro atoms. The predicted octanol–water partition coefficient (Wildman–Crippen LogP) is 4.40. The molecule has 1 N–H and O–H groups in total. The maximum atomic E-state index is 13.7. The number of carbonyl (C=O) groups excluding carboxylic acids is 2. The molecule has 0 radical (unpaired) electrons. The number of amides is 1. The van der Waals surface area contributed by atoms with E-state index in [1.807, 2.05) is 34.6 Å². The number of carbonyl (C=O) groups is 2. The molecule has 0 aromatic heterocycles. The Morgan fingerprint density at radius 3 is 2.34 bits per heavy atom. The molecule has 0 aliphatic carbocycles. The van der Waals surface area contributed by atoms with Crippen LogP contribution in [0.15, 0.2) is 24.3 Å². The summed E-state index contributed by atoms with van der Waals surface area (Å²) in [4.78, 5) is 29.6. The van der Waals surface area contributed by atoms with Crippen molar-refractivity contribution in [2.75, 3.05) is 25.3 Å². The van der Waals surface area contributed by atoms with Crippen LogP contribution in [0.3, 0.4) is 0 Å². The molecule has 0 unspecified atom stereocenters. The van der Waals surface area contributed by atoms with Gasteiger partial charge in [-0.2, -0.15) is 0 Å². The fraction of sp³-hybridized carbons (Fsp3) is 0.481. The molecule has 1 atom stereocenters. The van der Waals surface area contributed by atoms with E-state index >= 15 is 0 Å². The molecule has 190 valence electrons. The van der Waals surface area contributed by atoms with Gasteiger partial charge in [0.25, 0.3) is 5.91 Å². The normalized spacial score (nSPS) is 14.0. The Labute approximate surface area is 206 Å². The minimum Gasteiger partial charge on any atom is -0.464 e. The van der Waals surface area contributed by atoms with Crippen LogP contribution in [0.2, 0.25) is 0 Å². The van der Waals surface area contributed by atoms with Gasteiger partial charge in [0.05, 0.1) is 12.2 Å². The van der Waals surface area contributed by atoms with E-state index < -0.39 is 23.5 Å². The van der Waals surface area contributed by atoms with Crippen molar-refractivity contribution in [2.45, 2.75) is 66.3 Å². The average Bonchev–Trinajstić information content (AvgIpc) is 3.24. The molecule has 3 rings (SSSR count). The Balaban J connectivity index is 2.16. The number of hydrogen-bond donors (Lipinski definition) is 1. The number of aliphatic hydroxyl groups excluding tert-OH is 1. The molecule has 7 nitrogen and oxygen atoms in total. The summed E-state index contributed by atoms with van der Waals surface area (Å²) in [6.45, 7) is 11.7. The van der Waals surface area contributed by atoms with Gasteiger partial charge in [0.15, 0.2) is 6.10 Å². The van der Waals surface area contributed by atoms with Crippen molar-refractivity contribution >= 4 is 17.6 Å². The summed E-state index contributed by atoms with van der Waals surface area (Å²) < 4.78 is 25.3. The van der Waals surface area contributed by atoms with Crippen LogP contribution in [0.4, 0.5) is 10.1 Å². The Morgan fingerprint density at radius 2 is 1.80 bits per heavy atom. The summed E-state index contributed by atoms with van der Waals surface area (Å²) >= 11 is 0. The zero-order chi connectivity index (χ0) is 26.1. The van der Waals surface area contributed by atoms with Gasteiger partial charge in [0, 0.05) is 37.0 Å². The number of benzene rings is 2. The minimum absolute atomic E-state index is 0.201.